The lowest BCUT2D eigenvalue weighted by Gasteiger charge is -2.35. The highest BCUT2D eigenvalue weighted by Gasteiger charge is 2.36. The van der Waals surface area contributed by atoms with Gasteiger partial charge in [-0.15, -0.1) is 23.5 Å². The Hall–Kier alpha value is -1.68. The van der Waals surface area contributed by atoms with Crippen molar-refractivity contribution < 1.29 is 0 Å². The molecule has 3 heteroatoms. The number of nitrogens with one attached hydrogen (secondary N) is 1. The molecule has 0 amide bonds. The van der Waals surface area contributed by atoms with E-state index in [0.717, 1.165) is 17.5 Å². The number of benzene rings is 3. The molecule has 0 fully saturated rings. The molecule has 0 heterocycles. The molecular weight excluding hydrogens is 354 g/mol. The second kappa shape index (κ2) is 9.86. The van der Waals surface area contributed by atoms with Crippen LogP contribution in [0.15, 0.2) is 91.0 Å². The summed E-state index contributed by atoms with van der Waals surface area (Å²) in [5.74, 6) is 3.02. The van der Waals surface area contributed by atoms with Crippen LogP contribution in [0.1, 0.15) is 23.6 Å². The van der Waals surface area contributed by atoms with Crippen LogP contribution in [0.3, 0.4) is 0 Å². The molecule has 0 aliphatic carbocycles. The smallest absolute Gasteiger partial charge is 0.0919 e. The molecule has 0 spiro atoms. The fraction of sp³-hybridized carbons (Fsp3) is 0.217. The van der Waals surface area contributed by atoms with Crippen molar-refractivity contribution in [2.75, 3.05) is 17.5 Å². The van der Waals surface area contributed by atoms with Crippen LogP contribution in [0.4, 0.5) is 0 Å². The summed E-state index contributed by atoms with van der Waals surface area (Å²) in [6.07, 6.45) is 0. The van der Waals surface area contributed by atoms with Gasteiger partial charge in [0.15, 0.2) is 0 Å². The fourth-order valence-corrected chi connectivity index (χ4v) is 5.05. The van der Waals surface area contributed by atoms with E-state index in [-0.39, 0.29) is 4.75 Å². The molecule has 1 nitrogen and oxygen atoms in total. The summed E-state index contributed by atoms with van der Waals surface area (Å²) in [6.45, 7) is 2.20. The van der Waals surface area contributed by atoms with Crippen molar-refractivity contribution in [3.63, 3.8) is 0 Å². The third-order valence-electron chi connectivity index (χ3n) is 4.34. The minimum Gasteiger partial charge on any atom is -0.299 e. The summed E-state index contributed by atoms with van der Waals surface area (Å²) >= 11 is 3.88. The van der Waals surface area contributed by atoms with Crippen LogP contribution in [0.25, 0.3) is 0 Å². The molecule has 3 aromatic carbocycles. The van der Waals surface area contributed by atoms with Gasteiger partial charge >= 0.3 is 0 Å². The van der Waals surface area contributed by atoms with Crippen LogP contribution < -0.4 is 5.32 Å². The Kier molecular flexibility index (Phi) is 7.24. The minimum absolute atomic E-state index is 0.229. The van der Waals surface area contributed by atoms with Gasteiger partial charge in [-0.3, -0.25) is 5.32 Å². The Morgan fingerprint density at radius 3 is 1.46 bits per heavy atom. The molecule has 0 radical (unpaired) electrons. The second-order valence-electron chi connectivity index (χ2n) is 5.96. The molecule has 0 aromatic heterocycles. The Balaban J connectivity index is 2.06. The zero-order chi connectivity index (χ0) is 18.1. The van der Waals surface area contributed by atoms with E-state index >= 15 is 0 Å². The summed E-state index contributed by atoms with van der Waals surface area (Å²) in [4.78, 5) is 0. The van der Waals surface area contributed by atoms with Gasteiger partial charge in [0.05, 0.1) is 4.75 Å². The average molecular weight is 380 g/mol. The van der Waals surface area contributed by atoms with Gasteiger partial charge in [0.25, 0.3) is 0 Å². The van der Waals surface area contributed by atoms with E-state index in [1.165, 1.54) is 16.7 Å². The van der Waals surface area contributed by atoms with Gasteiger partial charge in [-0.05, 0) is 22.4 Å². The van der Waals surface area contributed by atoms with E-state index in [1.54, 1.807) is 0 Å². The van der Waals surface area contributed by atoms with Gasteiger partial charge in [0.1, 0.15) is 0 Å². The van der Waals surface area contributed by atoms with Crippen molar-refractivity contribution in [2.24, 2.45) is 0 Å². The SMILES string of the molecule is CCSCNCSC(c1ccccc1)(c1ccccc1)c1ccccc1. The maximum atomic E-state index is 3.58. The molecule has 0 saturated carbocycles. The molecule has 0 saturated heterocycles. The van der Waals surface area contributed by atoms with E-state index in [4.69, 9.17) is 0 Å². The van der Waals surface area contributed by atoms with E-state index in [9.17, 15) is 0 Å². The van der Waals surface area contributed by atoms with Crippen LogP contribution in [0, 0.1) is 0 Å². The fourth-order valence-electron chi connectivity index (χ4n) is 3.14. The molecule has 3 aromatic rings. The quantitative estimate of drug-likeness (QED) is 0.279. The first-order valence-electron chi connectivity index (χ1n) is 8.97. The zero-order valence-electron chi connectivity index (χ0n) is 15.1. The predicted molar refractivity (Wildman–Crippen MR) is 118 cm³/mol. The van der Waals surface area contributed by atoms with Crippen LogP contribution in [-0.2, 0) is 4.75 Å². The monoisotopic (exact) mass is 379 g/mol. The number of thioether (sulfide) groups is 2. The summed E-state index contributed by atoms with van der Waals surface area (Å²) in [5.41, 5.74) is 3.94. The highest BCUT2D eigenvalue weighted by Crippen LogP contribution is 2.47. The second-order valence-corrected chi connectivity index (χ2v) is 8.42. The standard InChI is InChI=1S/C23H25NS2/c1-2-25-18-24-19-26-23(20-12-6-3-7-13-20,21-14-8-4-9-15-21)22-16-10-5-11-17-22/h3-17,24H,2,18-19H2,1H3. The third kappa shape index (κ3) is 4.35. The largest absolute Gasteiger partial charge is 0.299 e. The topological polar surface area (TPSA) is 12.0 Å². The van der Waals surface area contributed by atoms with Crippen molar-refractivity contribution in [3.05, 3.63) is 108 Å². The van der Waals surface area contributed by atoms with Crippen molar-refractivity contribution >= 4 is 23.5 Å². The molecule has 0 aliphatic heterocycles. The molecule has 0 unspecified atom stereocenters. The van der Waals surface area contributed by atoms with Crippen LogP contribution in [0.5, 0.6) is 0 Å². The first-order valence-corrected chi connectivity index (χ1v) is 11.1. The van der Waals surface area contributed by atoms with Crippen LogP contribution in [-0.4, -0.2) is 17.5 Å². The maximum absolute atomic E-state index is 3.58. The maximum Gasteiger partial charge on any atom is 0.0919 e. The van der Waals surface area contributed by atoms with Crippen molar-refractivity contribution in [2.45, 2.75) is 11.7 Å². The molecule has 0 aliphatic rings. The third-order valence-corrected chi connectivity index (χ3v) is 6.65. The van der Waals surface area contributed by atoms with Crippen molar-refractivity contribution in [1.29, 1.82) is 0 Å². The van der Waals surface area contributed by atoms with E-state index in [1.807, 2.05) is 23.5 Å². The molecule has 26 heavy (non-hydrogen) atoms. The van der Waals surface area contributed by atoms with Gasteiger partial charge in [0.2, 0.25) is 0 Å². The summed E-state index contributed by atoms with van der Waals surface area (Å²) in [5, 5.41) is 3.58. The van der Waals surface area contributed by atoms with Gasteiger partial charge in [0, 0.05) is 11.8 Å². The van der Waals surface area contributed by atoms with Crippen molar-refractivity contribution in [3.8, 4) is 0 Å². The van der Waals surface area contributed by atoms with E-state index in [2.05, 4.69) is 103 Å². The lowest BCUT2D eigenvalue weighted by Crippen LogP contribution is -2.28. The first kappa shape index (κ1) is 19.1. The number of hydrogen-bond donors (Lipinski definition) is 1. The minimum atomic E-state index is -0.229. The van der Waals surface area contributed by atoms with Crippen molar-refractivity contribution in [1.82, 2.24) is 5.32 Å². The Morgan fingerprint density at radius 1 is 0.654 bits per heavy atom. The molecular formula is C23H25NS2. The number of rotatable bonds is 9. The molecule has 0 atom stereocenters. The Morgan fingerprint density at radius 2 is 1.08 bits per heavy atom. The first-order chi connectivity index (χ1) is 12.9. The highest BCUT2D eigenvalue weighted by molar-refractivity contribution is 8.01. The van der Waals surface area contributed by atoms with Crippen LogP contribution >= 0.6 is 23.5 Å². The molecule has 0 bridgehead atoms. The predicted octanol–water partition coefficient (Wildman–Crippen LogP) is 5.97. The highest BCUT2D eigenvalue weighted by atomic mass is 32.2. The van der Waals surface area contributed by atoms with Gasteiger partial charge in [-0.25, -0.2) is 0 Å². The van der Waals surface area contributed by atoms with E-state index in [0.29, 0.717) is 0 Å². The lowest BCUT2D eigenvalue weighted by atomic mass is 9.84. The van der Waals surface area contributed by atoms with Gasteiger partial charge < -0.3 is 0 Å². The Labute approximate surface area is 165 Å². The lowest BCUT2D eigenvalue weighted by molar-refractivity contribution is 0.873. The van der Waals surface area contributed by atoms with Gasteiger partial charge in [-0.2, -0.15) is 0 Å². The van der Waals surface area contributed by atoms with Gasteiger partial charge in [-0.1, -0.05) is 97.9 Å². The Bertz CT molecular complexity index is 663. The summed E-state index contributed by atoms with van der Waals surface area (Å²) < 4.78 is -0.229. The average Bonchev–Trinajstić information content (AvgIpc) is 2.73. The molecule has 1 N–H and O–H groups in total. The van der Waals surface area contributed by atoms with E-state index < -0.39 is 0 Å². The molecule has 134 valence electrons. The summed E-state index contributed by atoms with van der Waals surface area (Å²) in [7, 11) is 0. The summed E-state index contributed by atoms with van der Waals surface area (Å²) in [6, 6.07) is 32.5. The normalized spacial score (nSPS) is 11.4. The molecule has 3 rings (SSSR count). The van der Waals surface area contributed by atoms with Crippen LogP contribution in [0.2, 0.25) is 0 Å². The number of hydrogen-bond acceptors (Lipinski definition) is 3. The zero-order valence-corrected chi connectivity index (χ0v) is 16.7.